The highest BCUT2D eigenvalue weighted by Crippen LogP contribution is 2.42. The molecule has 0 saturated heterocycles. The topological polar surface area (TPSA) is 101 Å². The van der Waals surface area contributed by atoms with Crippen molar-refractivity contribution >= 4 is 32.4 Å². The van der Waals surface area contributed by atoms with Gasteiger partial charge in [0.25, 0.3) is 5.91 Å². The smallest absolute Gasteiger partial charge is 0.260 e. The fraction of sp³-hybridized carbons (Fsp3) is 0.308. The average Bonchev–Trinajstić information content (AvgIpc) is 3.27. The van der Waals surface area contributed by atoms with Crippen LogP contribution in [0.3, 0.4) is 0 Å². The van der Waals surface area contributed by atoms with E-state index in [0.717, 1.165) is 36.0 Å². The summed E-state index contributed by atoms with van der Waals surface area (Å²) in [6, 6.07) is 3.02. The van der Waals surface area contributed by atoms with Crippen LogP contribution in [0.15, 0.2) is 23.1 Å². The zero-order chi connectivity index (χ0) is 16.6. The summed E-state index contributed by atoms with van der Waals surface area (Å²) in [6.07, 6.45) is 2.11. The van der Waals surface area contributed by atoms with Gasteiger partial charge in [-0.3, -0.25) is 10.1 Å². The van der Waals surface area contributed by atoms with Gasteiger partial charge in [-0.2, -0.15) is 0 Å². The van der Waals surface area contributed by atoms with Gasteiger partial charge in [0, 0.05) is 5.92 Å². The monoisotopic (exact) mass is 356 g/mol. The second kappa shape index (κ2) is 5.95. The second-order valence-corrected chi connectivity index (χ2v) is 7.92. The first-order chi connectivity index (χ1) is 10.9. The van der Waals surface area contributed by atoms with Crippen LogP contribution >= 0.6 is 11.3 Å². The molecule has 0 atom stereocenters. The van der Waals surface area contributed by atoms with Gasteiger partial charge in [0.1, 0.15) is 10.8 Å². The van der Waals surface area contributed by atoms with Crippen molar-refractivity contribution in [3.05, 3.63) is 34.6 Å². The molecular formula is C13H13FN4O3S2. The molecule has 1 aliphatic carbocycles. The van der Waals surface area contributed by atoms with Crippen LogP contribution in [0.2, 0.25) is 0 Å². The molecule has 2 aromatic rings. The molecule has 3 rings (SSSR count). The van der Waals surface area contributed by atoms with Crippen molar-refractivity contribution in [2.75, 3.05) is 12.4 Å². The molecule has 0 bridgehead atoms. The number of sulfonamides is 1. The van der Waals surface area contributed by atoms with Crippen molar-refractivity contribution in [1.29, 1.82) is 0 Å². The zero-order valence-electron chi connectivity index (χ0n) is 12.0. The van der Waals surface area contributed by atoms with Crippen LogP contribution in [0, 0.1) is 5.82 Å². The van der Waals surface area contributed by atoms with Gasteiger partial charge in [-0.05, 0) is 38.1 Å². The SMILES string of the molecule is CNS(=O)(=O)c1ccc(F)c(C(=O)Nc2nnc(C3CC3)s2)c1. The number of carbonyl (C=O) groups excluding carboxylic acids is 1. The predicted molar refractivity (Wildman–Crippen MR) is 82.5 cm³/mol. The molecule has 10 heteroatoms. The Balaban J connectivity index is 1.84. The average molecular weight is 356 g/mol. The van der Waals surface area contributed by atoms with Crippen LogP contribution in [0.4, 0.5) is 9.52 Å². The first kappa shape index (κ1) is 16.0. The predicted octanol–water partition coefficient (Wildman–Crippen LogP) is 1.71. The van der Waals surface area contributed by atoms with Crippen LogP contribution < -0.4 is 10.0 Å². The lowest BCUT2D eigenvalue weighted by atomic mass is 10.2. The van der Waals surface area contributed by atoms with Crippen LogP contribution in [-0.4, -0.2) is 31.6 Å². The first-order valence-electron chi connectivity index (χ1n) is 6.78. The summed E-state index contributed by atoms with van der Waals surface area (Å²) >= 11 is 1.24. The minimum atomic E-state index is -3.76. The van der Waals surface area contributed by atoms with E-state index >= 15 is 0 Å². The molecule has 0 unspecified atom stereocenters. The fourth-order valence-electron chi connectivity index (χ4n) is 1.91. The Morgan fingerprint density at radius 3 is 2.74 bits per heavy atom. The van der Waals surface area contributed by atoms with Crippen LogP contribution in [-0.2, 0) is 10.0 Å². The van der Waals surface area contributed by atoms with E-state index in [0.29, 0.717) is 5.92 Å². The summed E-state index contributed by atoms with van der Waals surface area (Å²) in [7, 11) is -2.53. The van der Waals surface area contributed by atoms with E-state index in [-0.39, 0.29) is 15.6 Å². The lowest BCUT2D eigenvalue weighted by Crippen LogP contribution is -2.20. The van der Waals surface area contributed by atoms with Gasteiger partial charge >= 0.3 is 0 Å². The van der Waals surface area contributed by atoms with Gasteiger partial charge in [0.2, 0.25) is 15.2 Å². The van der Waals surface area contributed by atoms with E-state index in [1.807, 2.05) is 0 Å². The number of rotatable bonds is 5. The highest BCUT2D eigenvalue weighted by atomic mass is 32.2. The third-order valence-corrected chi connectivity index (χ3v) is 5.76. The standard InChI is InChI=1S/C13H13FN4O3S2/c1-15-23(20,21)8-4-5-10(14)9(6-8)11(19)16-13-18-17-12(22-13)7-2-3-7/h4-7,15H,2-3H2,1H3,(H,16,18,19). The molecule has 1 heterocycles. The Kier molecular flexibility index (Phi) is 4.13. The Labute approximate surface area is 136 Å². The summed E-state index contributed by atoms with van der Waals surface area (Å²) in [5.74, 6) is -1.18. The summed E-state index contributed by atoms with van der Waals surface area (Å²) in [6.45, 7) is 0. The molecule has 23 heavy (non-hydrogen) atoms. The number of aromatic nitrogens is 2. The van der Waals surface area contributed by atoms with Crippen molar-refractivity contribution in [3.63, 3.8) is 0 Å². The molecule has 1 amide bonds. The van der Waals surface area contributed by atoms with E-state index in [1.54, 1.807) is 0 Å². The van der Waals surface area contributed by atoms with E-state index in [1.165, 1.54) is 18.4 Å². The van der Waals surface area contributed by atoms with Gasteiger partial charge in [-0.25, -0.2) is 17.5 Å². The van der Waals surface area contributed by atoms with E-state index < -0.39 is 21.7 Å². The number of hydrogen-bond donors (Lipinski definition) is 2. The maximum atomic E-state index is 13.8. The van der Waals surface area contributed by atoms with E-state index in [4.69, 9.17) is 0 Å². The number of anilines is 1. The quantitative estimate of drug-likeness (QED) is 0.849. The normalized spacial score (nSPS) is 14.7. The third kappa shape index (κ3) is 3.38. The maximum absolute atomic E-state index is 13.8. The Hall–Kier alpha value is -1.91. The Morgan fingerprint density at radius 1 is 1.35 bits per heavy atom. The van der Waals surface area contributed by atoms with Crippen molar-refractivity contribution in [1.82, 2.24) is 14.9 Å². The second-order valence-electron chi connectivity index (χ2n) is 5.02. The number of amides is 1. The highest BCUT2D eigenvalue weighted by molar-refractivity contribution is 7.89. The van der Waals surface area contributed by atoms with Gasteiger partial charge in [0.05, 0.1) is 10.5 Å². The maximum Gasteiger partial charge on any atom is 0.260 e. The molecule has 2 N–H and O–H groups in total. The van der Waals surface area contributed by atoms with E-state index in [9.17, 15) is 17.6 Å². The number of nitrogens with one attached hydrogen (secondary N) is 2. The molecule has 0 radical (unpaired) electrons. The summed E-state index contributed by atoms with van der Waals surface area (Å²) < 4.78 is 39.5. The minimum absolute atomic E-state index is 0.192. The molecule has 0 aliphatic heterocycles. The summed E-state index contributed by atoms with van der Waals surface area (Å²) in [4.78, 5) is 12.0. The summed E-state index contributed by atoms with van der Waals surface area (Å²) in [5, 5.41) is 11.4. The van der Waals surface area contributed by atoms with Gasteiger partial charge in [-0.15, -0.1) is 10.2 Å². The first-order valence-corrected chi connectivity index (χ1v) is 9.08. The number of nitrogens with zero attached hydrogens (tertiary/aromatic N) is 2. The lowest BCUT2D eigenvalue weighted by molar-refractivity contribution is 0.102. The van der Waals surface area contributed by atoms with Crippen molar-refractivity contribution < 1.29 is 17.6 Å². The zero-order valence-corrected chi connectivity index (χ0v) is 13.7. The number of carbonyl (C=O) groups is 1. The molecule has 1 saturated carbocycles. The molecule has 122 valence electrons. The molecule has 0 spiro atoms. The number of hydrogen-bond acceptors (Lipinski definition) is 6. The van der Waals surface area contributed by atoms with Crippen LogP contribution in [0.25, 0.3) is 0 Å². The minimum Gasteiger partial charge on any atom is -0.296 e. The van der Waals surface area contributed by atoms with Crippen molar-refractivity contribution in [2.45, 2.75) is 23.7 Å². The van der Waals surface area contributed by atoms with Crippen molar-refractivity contribution in [2.24, 2.45) is 0 Å². The Morgan fingerprint density at radius 2 is 2.09 bits per heavy atom. The molecular weight excluding hydrogens is 343 g/mol. The molecule has 1 aromatic heterocycles. The largest absolute Gasteiger partial charge is 0.296 e. The fourth-order valence-corrected chi connectivity index (χ4v) is 3.57. The number of halogens is 1. The molecule has 1 aromatic carbocycles. The van der Waals surface area contributed by atoms with Crippen molar-refractivity contribution in [3.8, 4) is 0 Å². The van der Waals surface area contributed by atoms with Crippen LogP contribution in [0.5, 0.6) is 0 Å². The molecule has 1 aliphatic rings. The van der Waals surface area contributed by atoms with E-state index in [2.05, 4.69) is 20.2 Å². The third-order valence-electron chi connectivity index (χ3n) is 3.35. The number of benzene rings is 1. The lowest BCUT2D eigenvalue weighted by Gasteiger charge is -2.06. The highest BCUT2D eigenvalue weighted by Gasteiger charge is 2.28. The molecule has 7 nitrogen and oxygen atoms in total. The van der Waals surface area contributed by atoms with Gasteiger partial charge in [0.15, 0.2) is 0 Å². The summed E-state index contributed by atoms with van der Waals surface area (Å²) in [5.41, 5.74) is -0.371. The van der Waals surface area contributed by atoms with Gasteiger partial charge in [-0.1, -0.05) is 11.3 Å². The Bertz CT molecular complexity index is 862. The van der Waals surface area contributed by atoms with Gasteiger partial charge < -0.3 is 0 Å². The molecule has 1 fully saturated rings. The van der Waals surface area contributed by atoms with Crippen LogP contribution in [0.1, 0.15) is 34.1 Å².